The van der Waals surface area contributed by atoms with Crippen molar-refractivity contribution in [1.82, 2.24) is 15.0 Å². The third-order valence-corrected chi connectivity index (χ3v) is 11.8. The molecular weight excluding hydrogens is 511 g/mol. The van der Waals surface area contributed by atoms with Crippen molar-refractivity contribution in [2.45, 2.75) is 45.3 Å². The maximum atomic E-state index is 13.3. The minimum Gasteiger partial charge on any atom is -0.497 e. The molecule has 0 atom stereocenters. The smallest absolute Gasteiger partial charge is 0.212 e. The molecule has 2 aromatic heterocycles. The predicted molar refractivity (Wildman–Crippen MR) is 157 cm³/mol. The van der Waals surface area contributed by atoms with Gasteiger partial charge in [0, 0.05) is 54.5 Å². The molecule has 0 radical (unpaired) electrons. The van der Waals surface area contributed by atoms with Crippen molar-refractivity contribution in [2.75, 3.05) is 32.3 Å². The number of benzene rings is 2. The number of nitrogens with zero attached hydrogens (tertiary/aromatic N) is 4. The molecule has 0 aliphatic heterocycles. The Morgan fingerprint density at radius 3 is 2.18 bits per heavy atom. The Bertz CT molecular complexity index is 1400. The zero-order valence-electron chi connectivity index (χ0n) is 23.8. The van der Waals surface area contributed by atoms with Crippen molar-refractivity contribution in [3.63, 3.8) is 0 Å². The molecule has 0 unspecified atom stereocenters. The summed E-state index contributed by atoms with van der Waals surface area (Å²) in [5, 5.41) is 0.154. The van der Waals surface area contributed by atoms with Gasteiger partial charge in [0.05, 0.1) is 37.1 Å². The number of hydrogen-bond acceptors (Lipinski definition) is 7. The molecule has 206 valence electrons. The molecule has 39 heavy (non-hydrogen) atoms. The van der Waals surface area contributed by atoms with Crippen LogP contribution in [0.25, 0.3) is 22.3 Å². The van der Waals surface area contributed by atoms with Crippen LogP contribution in [0.3, 0.4) is 0 Å². The number of fused-ring (bicyclic) bond motifs is 1. The first-order chi connectivity index (χ1) is 18.5. The van der Waals surface area contributed by atoms with Gasteiger partial charge in [-0.3, -0.25) is 4.98 Å². The molecule has 7 nitrogen and oxygen atoms in total. The fourth-order valence-electron chi connectivity index (χ4n) is 3.96. The lowest BCUT2D eigenvalue weighted by Crippen LogP contribution is -2.41. The summed E-state index contributed by atoms with van der Waals surface area (Å²) in [6, 6.07) is 14.8. The molecule has 4 rings (SSSR count). The first-order valence-electron chi connectivity index (χ1n) is 13.0. The Kier molecular flexibility index (Phi) is 8.51. The fourth-order valence-corrected chi connectivity index (χ4v) is 5.04. The number of hydrogen-bond donors (Lipinski definition) is 0. The minimum atomic E-state index is -1.85. The van der Waals surface area contributed by atoms with Crippen LogP contribution in [-0.4, -0.2) is 50.6 Å². The summed E-state index contributed by atoms with van der Waals surface area (Å²) in [7, 11) is 1.44. The van der Waals surface area contributed by atoms with E-state index in [0.29, 0.717) is 35.9 Å². The zero-order chi connectivity index (χ0) is 28.2. The first-order valence-corrected chi connectivity index (χ1v) is 15.9. The first kappa shape index (κ1) is 28.4. The summed E-state index contributed by atoms with van der Waals surface area (Å²) in [4.78, 5) is 15.4. The van der Waals surface area contributed by atoms with E-state index in [1.54, 1.807) is 26.5 Å². The Balaban J connectivity index is 1.68. The normalized spacial score (nSPS) is 12.0. The van der Waals surface area contributed by atoms with Crippen LogP contribution in [-0.2, 0) is 4.43 Å². The van der Waals surface area contributed by atoms with Crippen LogP contribution >= 0.6 is 0 Å². The van der Waals surface area contributed by atoms with Gasteiger partial charge in [-0.1, -0.05) is 20.8 Å². The van der Waals surface area contributed by atoms with Gasteiger partial charge in [-0.25, -0.2) is 9.97 Å². The highest BCUT2D eigenvalue weighted by molar-refractivity contribution is 6.74. The van der Waals surface area contributed by atoms with Gasteiger partial charge in [-0.15, -0.1) is 0 Å². The van der Waals surface area contributed by atoms with Gasteiger partial charge in [-0.2, -0.15) is 4.39 Å². The average molecular weight is 549 g/mol. The van der Waals surface area contributed by atoms with E-state index in [1.807, 2.05) is 36.4 Å². The predicted octanol–water partition coefficient (Wildman–Crippen LogP) is 7.40. The number of halogens is 1. The minimum absolute atomic E-state index is 0.154. The van der Waals surface area contributed by atoms with Crippen molar-refractivity contribution in [1.29, 1.82) is 0 Å². The molecule has 2 heterocycles. The number of rotatable bonds is 10. The van der Waals surface area contributed by atoms with Crippen LogP contribution in [0.4, 0.5) is 15.8 Å². The van der Waals surface area contributed by atoms with Crippen LogP contribution < -0.4 is 14.4 Å². The molecule has 0 fully saturated rings. The lowest BCUT2D eigenvalue weighted by Gasteiger charge is -2.36. The number of methoxy groups -OCH3 is 2. The van der Waals surface area contributed by atoms with E-state index in [0.717, 1.165) is 28.8 Å². The highest BCUT2D eigenvalue weighted by Gasteiger charge is 2.36. The zero-order valence-corrected chi connectivity index (χ0v) is 24.8. The van der Waals surface area contributed by atoms with Crippen LogP contribution in [0, 0.1) is 5.95 Å². The average Bonchev–Trinajstić information content (AvgIpc) is 2.92. The summed E-state index contributed by atoms with van der Waals surface area (Å²) in [6.07, 6.45) is 3.98. The Labute approximate surface area is 231 Å². The second kappa shape index (κ2) is 11.7. The third-order valence-electron chi connectivity index (χ3n) is 7.30. The van der Waals surface area contributed by atoms with Crippen LogP contribution in [0.1, 0.15) is 27.2 Å². The lowest BCUT2D eigenvalue weighted by molar-refractivity contribution is 0.284. The molecule has 4 aromatic rings. The Morgan fingerprint density at radius 2 is 1.56 bits per heavy atom. The largest absolute Gasteiger partial charge is 0.497 e. The summed E-state index contributed by atoms with van der Waals surface area (Å²) < 4.78 is 30.9. The van der Waals surface area contributed by atoms with Crippen LogP contribution in [0.2, 0.25) is 18.1 Å². The summed E-state index contributed by atoms with van der Waals surface area (Å²) in [5.41, 5.74) is 4.71. The molecule has 9 heteroatoms. The van der Waals surface area contributed by atoms with Gasteiger partial charge in [0.1, 0.15) is 11.5 Å². The number of aromatic nitrogens is 3. The van der Waals surface area contributed by atoms with E-state index in [1.165, 1.54) is 12.3 Å². The molecule has 0 bridgehead atoms. The number of anilines is 2. The SMILES string of the molecule is COc1cc(OC)cc(N(CCCO[Si](C)(C)C(C)(C)C)c2ccc3ncc(-c4ccc(F)nc4)nc3c2)c1. The maximum absolute atomic E-state index is 13.3. The fraction of sp³-hybridized carbons (Fsp3) is 0.367. The van der Waals surface area contributed by atoms with Gasteiger partial charge in [-0.05, 0) is 54.9 Å². The van der Waals surface area contributed by atoms with Crippen molar-refractivity contribution >= 4 is 30.7 Å². The van der Waals surface area contributed by atoms with E-state index in [4.69, 9.17) is 18.9 Å². The van der Waals surface area contributed by atoms with Crippen molar-refractivity contribution in [2.24, 2.45) is 0 Å². The standard InChI is InChI=1S/C30H37FN4O3Si/c1-30(2,3)39(6,7)38-14-8-13-35(23-15-24(36-4)18-25(16-23)37-5)22-10-11-26-27(17-22)34-28(20-32-26)21-9-12-29(31)33-19-21/h9-12,15-20H,8,13-14H2,1-7H3. The van der Waals surface area contributed by atoms with E-state index < -0.39 is 14.3 Å². The van der Waals surface area contributed by atoms with Crippen molar-refractivity contribution in [3.05, 3.63) is 66.9 Å². The summed E-state index contributed by atoms with van der Waals surface area (Å²) in [5.74, 6) is 0.883. The van der Waals surface area contributed by atoms with Gasteiger partial charge >= 0.3 is 0 Å². The number of pyridine rings is 1. The van der Waals surface area contributed by atoms with Crippen LogP contribution in [0.15, 0.2) is 60.9 Å². The van der Waals surface area contributed by atoms with Crippen molar-refractivity contribution in [3.8, 4) is 22.8 Å². The van der Waals surface area contributed by atoms with E-state index in [-0.39, 0.29) is 5.04 Å². The Hall–Kier alpha value is -3.56. The van der Waals surface area contributed by atoms with Gasteiger partial charge in [0.15, 0.2) is 8.32 Å². The molecule has 0 saturated carbocycles. The second-order valence-electron chi connectivity index (χ2n) is 11.0. The molecule has 0 aliphatic carbocycles. The topological polar surface area (TPSA) is 69.6 Å². The Morgan fingerprint density at radius 1 is 0.846 bits per heavy atom. The van der Waals surface area contributed by atoms with Gasteiger partial charge in [0.2, 0.25) is 5.95 Å². The third kappa shape index (κ3) is 6.72. The molecule has 0 spiro atoms. The molecular formula is C30H37FN4O3Si. The lowest BCUT2D eigenvalue weighted by atomic mass is 10.1. The molecule has 2 aromatic carbocycles. The van der Waals surface area contributed by atoms with E-state index in [9.17, 15) is 4.39 Å². The molecule has 0 aliphatic rings. The van der Waals surface area contributed by atoms with Crippen LogP contribution in [0.5, 0.6) is 11.5 Å². The molecule has 0 N–H and O–H groups in total. The second-order valence-corrected chi connectivity index (χ2v) is 15.8. The highest BCUT2D eigenvalue weighted by atomic mass is 28.4. The van der Waals surface area contributed by atoms with Gasteiger partial charge in [0.25, 0.3) is 0 Å². The van der Waals surface area contributed by atoms with E-state index in [2.05, 4.69) is 48.7 Å². The molecule has 0 amide bonds. The monoisotopic (exact) mass is 548 g/mol. The summed E-state index contributed by atoms with van der Waals surface area (Å²) in [6.45, 7) is 12.7. The summed E-state index contributed by atoms with van der Waals surface area (Å²) >= 11 is 0. The maximum Gasteiger partial charge on any atom is 0.212 e. The van der Waals surface area contributed by atoms with Crippen molar-refractivity contribution < 1.29 is 18.3 Å². The number of ether oxygens (including phenoxy) is 2. The molecule has 0 saturated heterocycles. The highest BCUT2D eigenvalue weighted by Crippen LogP contribution is 2.37. The van der Waals surface area contributed by atoms with Gasteiger partial charge < -0.3 is 18.8 Å². The quantitative estimate of drug-likeness (QED) is 0.116. The van der Waals surface area contributed by atoms with E-state index >= 15 is 0 Å².